The summed E-state index contributed by atoms with van der Waals surface area (Å²) in [5.74, 6) is -0.151. The second-order valence-electron chi connectivity index (χ2n) is 8.86. The number of ether oxygens (including phenoxy) is 1. The van der Waals surface area contributed by atoms with E-state index in [9.17, 15) is 14.4 Å². The molecule has 0 radical (unpaired) electrons. The minimum atomic E-state index is -0.469. The standard InChI is InChI=1S/C28H25BrCl2N6O4/c1-16-27(29)37-12-4-5-22(28(37)34-16)41-15-19-20(30)8-9-21(26(19)31)36(3)25(40)14-33-24(39)11-7-18-6-10-23(32-13-18)35-17(2)38/h4-13H,14-15H2,1-3H3,(H,33,39)(H,32,35,38). The van der Waals surface area contributed by atoms with Crippen LogP contribution in [0.25, 0.3) is 11.7 Å². The van der Waals surface area contributed by atoms with Gasteiger partial charge in [0.05, 0.1) is 22.9 Å². The van der Waals surface area contributed by atoms with Crippen LogP contribution in [0.5, 0.6) is 5.75 Å². The van der Waals surface area contributed by atoms with Crippen molar-refractivity contribution in [3.63, 3.8) is 0 Å². The molecule has 2 N–H and O–H groups in total. The van der Waals surface area contributed by atoms with Crippen LogP contribution >= 0.6 is 39.1 Å². The van der Waals surface area contributed by atoms with Crippen LogP contribution in [0.3, 0.4) is 0 Å². The highest BCUT2D eigenvalue weighted by Crippen LogP contribution is 2.35. The van der Waals surface area contributed by atoms with Gasteiger partial charge in [-0.05, 0) is 70.9 Å². The third-order valence-electron chi connectivity index (χ3n) is 5.92. The molecule has 0 bridgehead atoms. The maximum absolute atomic E-state index is 12.9. The molecule has 1 aromatic carbocycles. The first-order valence-corrected chi connectivity index (χ1v) is 13.8. The molecule has 212 valence electrons. The van der Waals surface area contributed by atoms with Gasteiger partial charge in [-0.15, -0.1) is 0 Å². The Morgan fingerprint density at radius 2 is 1.95 bits per heavy atom. The highest BCUT2D eigenvalue weighted by molar-refractivity contribution is 9.10. The Bertz CT molecular complexity index is 1660. The topological polar surface area (TPSA) is 118 Å². The predicted octanol–water partition coefficient (Wildman–Crippen LogP) is 5.44. The molecule has 4 aromatic rings. The van der Waals surface area contributed by atoms with Gasteiger partial charge in [0.2, 0.25) is 17.7 Å². The third kappa shape index (κ3) is 7.24. The van der Waals surface area contributed by atoms with E-state index in [1.807, 2.05) is 23.6 Å². The van der Waals surface area contributed by atoms with Crippen LogP contribution in [0.15, 0.2) is 59.5 Å². The minimum Gasteiger partial charge on any atom is -0.485 e. The number of halogens is 3. The van der Waals surface area contributed by atoms with Gasteiger partial charge in [0.15, 0.2) is 11.4 Å². The van der Waals surface area contributed by atoms with E-state index in [1.165, 1.54) is 24.1 Å². The number of carbonyl (C=O) groups is 3. The Balaban J connectivity index is 1.38. The van der Waals surface area contributed by atoms with Crippen molar-refractivity contribution in [2.24, 2.45) is 0 Å². The van der Waals surface area contributed by atoms with Gasteiger partial charge in [0.25, 0.3) is 0 Å². The zero-order valence-corrected chi connectivity index (χ0v) is 25.3. The van der Waals surface area contributed by atoms with E-state index in [4.69, 9.17) is 27.9 Å². The first-order valence-electron chi connectivity index (χ1n) is 12.2. The SMILES string of the molecule is CC(=O)Nc1ccc(C=CC(=O)NCC(=O)N(C)c2ccc(Cl)c(COc3cccn4c(Br)c(C)nc34)c2Cl)cn1. The summed E-state index contributed by atoms with van der Waals surface area (Å²) in [6, 6.07) is 10.2. The van der Waals surface area contributed by atoms with Crippen LogP contribution in [-0.2, 0) is 21.0 Å². The first kappa shape index (κ1) is 30.0. The number of carbonyl (C=O) groups excluding carboxylic acids is 3. The summed E-state index contributed by atoms with van der Waals surface area (Å²) in [6.07, 6.45) is 6.20. The van der Waals surface area contributed by atoms with Gasteiger partial charge in [-0.3, -0.25) is 18.8 Å². The lowest BCUT2D eigenvalue weighted by Crippen LogP contribution is -2.37. The molecule has 0 aliphatic carbocycles. The Labute approximate surface area is 254 Å². The van der Waals surface area contributed by atoms with Crippen molar-refractivity contribution in [3.8, 4) is 5.75 Å². The Morgan fingerprint density at radius 3 is 2.66 bits per heavy atom. The van der Waals surface area contributed by atoms with E-state index in [0.29, 0.717) is 39.1 Å². The molecule has 41 heavy (non-hydrogen) atoms. The fourth-order valence-corrected chi connectivity index (χ4v) is 4.75. The summed E-state index contributed by atoms with van der Waals surface area (Å²) in [6.45, 7) is 3.05. The second-order valence-corrected chi connectivity index (χ2v) is 10.4. The number of amides is 3. The molecule has 10 nitrogen and oxygen atoms in total. The third-order valence-corrected chi connectivity index (χ3v) is 7.65. The largest absolute Gasteiger partial charge is 0.485 e. The molecule has 0 aliphatic heterocycles. The molecule has 0 saturated heterocycles. The van der Waals surface area contributed by atoms with E-state index in [0.717, 1.165) is 10.3 Å². The number of pyridine rings is 2. The fraction of sp³-hybridized carbons (Fsp3) is 0.179. The van der Waals surface area contributed by atoms with E-state index in [1.54, 1.807) is 43.5 Å². The van der Waals surface area contributed by atoms with Crippen molar-refractivity contribution in [1.29, 1.82) is 0 Å². The Hall–Kier alpha value is -3.93. The lowest BCUT2D eigenvalue weighted by atomic mass is 10.2. The highest BCUT2D eigenvalue weighted by Gasteiger charge is 2.20. The molecule has 0 spiro atoms. The number of rotatable bonds is 9. The van der Waals surface area contributed by atoms with Crippen molar-refractivity contribution >= 4 is 80.1 Å². The van der Waals surface area contributed by atoms with Gasteiger partial charge in [0, 0.05) is 43.0 Å². The van der Waals surface area contributed by atoms with Crippen molar-refractivity contribution < 1.29 is 19.1 Å². The van der Waals surface area contributed by atoms with Gasteiger partial charge in [-0.2, -0.15) is 0 Å². The minimum absolute atomic E-state index is 0.0406. The van der Waals surface area contributed by atoms with E-state index in [-0.39, 0.29) is 24.1 Å². The van der Waals surface area contributed by atoms with Crippen LogP contribution in [0.2, 0.25) is 10.0 Å². The molecule has 0 atom stereocenters. The maximum Gasteiger partial charge on any atom is 0.246 e. The first-order chi connectivity index (χ1) is 19.5. The zero-order chi connectivity index (χ0) is 29.7. The van der Waals surface area contributed by atoms with Crippen molar-refractivity contribution in [3.05, 3.63) is 86.3 Å². The van der Waals surface area contributed by atoms with Gasteiger partial charge < -0.3 is 20.3 Å². The number of hydrogen-bond acceptors (Lipinski definition) is 6. The molecular weight excluding hydrogens is 635 g/mol. The van der Waals surface area contributed by atoms with Gasteiger partial charge in [0.1, 0.15) is 17.0 Å². The molecule has 3 aromatic heterocycles. The van der Waals surface area contributed by atoms with Gasteiger partial charge in [-0.25, -0.2) is 9.97 Å². The number of imidazole rings is 1. The molecular formula is C28H25BrCl2N6O4. The van der Waals surface area contributed by atoms with Crippen LogP contribution in [-0.4, -0.2) is 45.7 Å². The van der Waals surface area contributed by atoms with Gasteiger partial charge in [-0.1, -0.05) is 23.2 Å². The Morgan fingerprint density at radius 1 is 1.17 bits per heavy atom. The normalized spacial score (nSPS) is 11.1. The summed E-state index contributed by atoms with van der Waals surface area (Å²) in [5, 5.41) is 5.75. The van der Waals surface area contributed by atoms with Crippen LogP contribution in [0, 0.1) is 6.92 Å². The second kappa shape index (κ2) is 13.2. The number of aryl methyl sites for hydroxylation is 1. The van der Waals surface area contributed by atoms with Crippen LogP contribution in [0.4, 0.5) is 11.5 Å². The van der Waals surface area contributed by atoms with Crippen molar-refractivity contribution in [2.45, 2.75) is 20.5 Å². The molecule has 0 unspecified atom stereocenters. The maximum atomic E-state index is 12.9. The molecule has 0 saturated carbocycles. The molecule has 4 rings (SSSR count). The number of nitrogens with one attached hydrogen (secondary N) is 2. The smallest absolute Gasteiger partial charge is 0.246 e. The summed E-state index contributed by atoms with van der Waals surface area (Å²) in [5.41, 5.74) is 3.01. The van der Waals surface area contributed by atoms with Crippen molar-refractivity contribution in [2.75, 3.05) is 23.8 Å². The summed E-state index contributed by atoms with van der Waals surface area (Å²) >= 11 is 16.6. The van der Waals surface area contributed by atoms with E-state index >= 15 is 0 Å². The number of aromatic nitrogens is 3. The average Bonchev–Trinajstić information content (AvgIpc) is 3.24. The van der Waals surface area contributed by atoms with Crippen LogP contribution < -0.4 is 20.3 Å². The molecule has 3 amide bonds. The number of benzene rings is 1. The van der Waals surface area contributed by atoms with Crippen molar-refractivity contribution in [1.82, 2.24) is 19.7 Å². The van der Waals surface area contributed by atoms with E-state index < -0.39 is 11.8 Å². The van der Waals surface area contributed by atoms with Gasteiger partial charge >= 0.3 is 0 Å². The zero-order valence-electron chi connectivity index (χ0n) is 22.2. The highest BCUT2D eigenvalue weighted by atomic mass is 79.9. The molecule has 0 aliphatic rings. The molecule has 13 heteroatoms. The van der Waals surface area contributed by atoms with Crippen LogP contribution in [0.1, 0.15) is 23.7 Å². The Kier molecular flexibility index (Phi) is 9.64. The number of nitrogens with zero attached hydrogens (tertiary/aromatic N) is 4. The lowest BCUT2D eigenvalue weighted by Gasteiger charge is -2.21. The monoisotopic (exact) mass is 658 g/mol. The lowest BCUT2D eigenvalue weighted by molar-refractivity contribution is -0.122. The van der Waals surface area contributed by atoms with E-state index in [2.05, 4.69) is 36.5 Å². The number of hydrogen-bond donors (Lipinski definition) is 2. The number of anilines is 2. The predicted molar refractivity (Wildman–Crippen MR) is 162 cm³/mol. The molecule has 0 fully saturated rings. The number of likely N-dealkylation sites (N-methyl/N-ethyl adjacent to an activating group) is 1. The quantitative estimate of drug-likeness (QED) is 0.231. The fourth-order valence-electron chi connectivity index (χ4n) is 3.77. The summed E-state index contributed by atoms with van der Waals surface area (Å²) < 4.78 is 8.72. The molecule has 3 heterocycles. The summed E-state index contributed by atoms with van der Waals surface area (Å²) in [7, 11) is 1.55. The number of fused-ring (bicyclic) bond motifs is 1. The summed E-state index contributed by atoms with van der Waals surface area (Å²) in [4.78, 5) is 46.2. The average molecular weight is 660 g/mol.